The molecule has 0 bridgehead atoms. The molecule has 0 aromatic heterocycles. The Kier molecular flexibility index (Phi) is 5.49. The minimum atomic E-state index is -0.168. The summed E-state index contributed by atoms with van der Waals surface area (Å²) in [6.07, 6.45) is 1.82. The molecule has 94 valence electrons. The number of urea groups is 1. The topological polar surface area (TPSA) is 67.2 Å². The van der Waals surface area contributed by atoms with Crippen LogP contribution in [0.4, 0.5) is 10.5 Å². The average Bonchev–Trinajstić information content (AvgIpc) is 2.29. The number of carbonyl (C=O) groups is 1. The maximum atomic E-state index is 11.6. The van der Waals surface area contributed by atoms with E-state index < -0.39 is 0 Å². The first kappa shape index (κ1) is 13.5. The Bertz CT molecular complexity index is 348. The molecule has 0 spiro atoms. The lowest BCUT2D eigenvalue weighted by molar-refractivity contribution is 0.248. The van der Waals surface area contributed by atoms with Crippen molar-refractivity contribution in [1.29, 1.82) is 0 Å². The molecule has 4 N–H and O–H groups in total. The van der Waals surface area contributed by atoms with Gasteiger partial charge in [0.15, 0.2) is 0 Å². The number of amides is 2. The van der Waals surface area contributed by atoms with Crippen molar-refractivity contribution in [2.75, 3.05) is 11.9 Å². The minimum Gasteiger partial charge on any atom is -0.335 e. The van der Waals surface area contributed by atoms with Crippen LogP contribution in [0.3, 0.4) is 0 Å². The largest absolute Gasteiger partial charge is 0.335 e. The minimum absolute atomic E-state index is 0.143. The van der Waals surface area contributed by atoms with Gasteiger partial charge in [0, 0.05) is 11.7 Å². The van der Waals surface area contributed by atoms with E-state index in [1.807, 2.05) is 38.1 Å². The number of aryl methyl sites for hydroxylation is 1. The summed E-state index contributed by atoms with van der Waals surface area (Å²) < 4.78 is 0. The SMILES string of the molecule is Cc1ccc(NC(=O)NC(C)CCCN)cc1. The van der Waals surface area contributed by atoms with Gasteiger partial charge in [-0.15, -0.1) is 0 Å². The Balaban J connectivity index is 2.36. The van der Waals surface area contributed by atoms with Gasteiger partial charge in [0.1, 0.15) is 0 Å². The summed E-state index contributed by atoms with van der Waals surface area (Å²) >= 11 is 0. The van der Waals surface area contributed by atoms with Crippen LogP contribution in [-0.2, 0) is 0 Å². The lowest BCUT2D eigenvalue weighted by atomic mass is 10.2. The van der Waals surface area contributed by atoms with Crippen LogP contribution in [0.2, 0.25) is 0 Å². The Hall–Kier alpha value is -1.55. The predicted molar refractivity (Wildman–Crippen MR) is 71.1 cm³/mol. The molecule has 4 nitrogen and oxygen atoms in total. The van der Waals surface area contributed by atoms with Crippen LogP contribution in [0.1, 0.15) is 25.3 Å². The number of nitrogens with one attached hydrogen (secondary N) is 2. The molecule has 0 aliphatic carbocycles. The fraction of sp³-hybridized carbons (Fsp3) is 0.462. The number of rotatable bonds is 5. The first-order valence-electron chi connectivity index (χ1n) is 5.96. The molecule has 1 aromatic carbocycles. The third-order valence-corrected chi connectivity index (χ3v) is 2.53. The van der Waals surface area contributed by atoms with Crippen molar-refractivity contribution < 1.29 is 4.79 Å². The molecular formula is C13H21N3O. The number of benzene rings is 1. The number of carbonyl (C=O) groups excluding carboxylic acids is 1. The molecule has 1 rings (SSSR count). The fourth-order valence-electron chi connectivity index (χ4n) is 1.52. The van der Waals surface area contributed by atoms with Crippen molar-refractivity contribution in [2.24, 2.45) is 5.73 Å². The van der Waals surface area contributed by atoms with Crippen LogP contribution in [-0.4, -0.2) is 18.6 Å². The summed E-state index contributed by atoms with van der Waals surface area (Å²) in [7, 11) is 0. The molecule has 17 heavy (non-hydrogen) atoms. The highest BCUT2D eigenvalue weighted by Crippen LogP contribution is 2.08. The van der Waals surface area contributed by atoms with Crippen LogP contribution < -0.4 is 16.4 Å². The van der Waals surface area contributed by atoms with Crippen LogP contribution >= 0.6 is 0 Å². The second-order valence-corrected chi connectivity index (χ2v) is 4.30. The zero-order valence-electron chi connectivity index (χ0n) is 10.5. The Labute approximate surface area is 103 Å². The molecule has 2 amide bonds. The van der Waals surface area contributed by atoms with E-state index in [-0.39, 0.29) is 12.1 Å². The van der Waals surface area contributed by atoms with Crippen molar-refractivity contribution in [2.45, 2.75) is 32.7 Å². The van der Waals surface area contributed by atoms with E-state index in [0.717, 1.165) is 18.5 Å². The van der Waals surface area contributed by atoms with Crippen molar-refractivity contribution in [3.63, 3.8) is 0 Å². The number of nitrogens with two attached hydrogens (primary N) is 1. The summed E-state index contributed by atoms with van der Waals surface area (Å²) in [5.41, 5.74) is 7.40. The highest BCUT2D eigenvalue weighted by atomic mass is 16.2. The second kappa shape index (κ2) is 6.91. The van der Waals surface area contributed by atoms with Gasteiger partial charge in [0.2, 0.25) is 0 Å². The molecule has 0 heterocycles. The maximum absolute atomic E-state index is 11.6. The highest BCUT2D eigenvalue weighted by molar-refractivity contribution is 5.89. The monoisotopic (exact) mass is 235 g/mol. The third kappa shape index (κ3) is 5.36. The van der Waals surface area contributed by atoms with E-state index in [0.29, 0.717) is 6.54 Å². The van der Waals surface area contributed by atoms with Gasteiger partial charge >= 0.3 is 6.03 Å². The van der Waals surface area contributed by atoms with Gasteiger partial charge in [-0.3, -0.25) is 0 Å². The number of hydrogen-bond acceptors (Lipinski definition) is 2. The maximum Gasteiger partial charge on any atom is 0.319 e. The average molecular weight is 235 g/mol. The van der Waals surface area contributed by atoms with E-state index in [9.17, 15) is 4.79 Å². The molecule has 0 fully saturated rings. The standard InChI is InChI=1S/C13H21N3O/c1-10-5-7-12(8-6-10)16-13(17)15-11(2)4-3-9-14/h5-8,11H,3-4,9,14H2,1-2H3,(H2,15,16,17). The normalized spacial score (nSPS) is 11.9. The van der Waals surface area contributed by atoms with Crippen molar-refractivity contribution in [3.05, 3.63) is 29.8 Å². The Morgan fingerprint density at radius 3 is 2.59 bits per heavy atom. The van der Waals surface area contributed by atoms with Crippen molar-refractivity contribution >= 4 is 11.7 Å². The lowest BCUT2D eigenvalue weighted by Crippen LogP contribution is -2.36. The Morgan fingerprint density at radius 1 is 1.35 bits per heavy atom. The predicted octanol–water partition coefficient (Wildman–Crippen LogP) is 2.24. The van der Waals surface area contributed by atoms with E-state index in [1.165, 1.54) is 5.56 Å². The summed E-state index contributed by atoms with van der Waals surface area (Å²) in [5, 5.41) is 5.67. The summed E-state index contributed by atoms with van der Waals surface area (Å²) in [4.78, 5) is 11.6. The third-order valence-electron chi connectivity index (χ3n) is 2.53. The molecule has 1 aromatic rings. The molecule has 0 aliphatic rings. The number of hydrogen-bond donors (Lipinski definition) is 3. The van der Waals surface area contributed by atoms with Gasteiger partial charge in [-0.1, -0.05) is 17.7 Å². The highest BCUT2D eigenvalue weighted by Gasteiger charge is 2.06. The molecule has 0 saturated carbocycles. The molecule has 1 unspecified atom stereocenters. The fourth-order valence-corrected chi connectivity index (χ4v) is 1.52. The zero-order valence-corrected chi connectivity index (χ0v) is 10.5. The van der Waals surface area contributed by atoms with Crippen LogP contribution in [0.25, 0.3) is 0 Å². The molecule has 0 saturated heterocycles. The zero-order chi connectivity index (χ0) is 12.7. The van der Waals surface area contributed by atoms with E-state index in [1.54, 1.807) is 0 Å². The molecule has 4 heteroatoms. The van der Waals surface area contributed by atoms with E-state index in [4.69, 9.17) is 5.73 Å². The van der Waals surface area contributed by atoms with Gasteiger partial charge in [0.05, 0.1) is 0 Å². The van der Waals surface area contributed by atoms with Crippen LogP contribution in [0, 0.1) is 6.92 Å². The molecular weight excluding hydrogens is 214 g/mol. The smallest absolute Gasteiger partial charge is 0.319 e. The van der Waals surface area contributed by atoms with Gasteiger partial charge < -0.3 is 16.4 Å². The van der Waals surface area contributed by atoms with Gasteiger partial charge in [-0.05, 0) is 45.4 Å². The molecule has 0 aliphatic heterocycles. The first-order valence-corrected chi connectivity index (χ1v) is 5.96. The van der Waals surface area contributed by atoms with Crippen LogP contribution in [0.5, 0.6) is 0 Å². The Morgan fingerprint density at radius 2 is 2.00 bits per heavy atom. The van der Waals surface area contributed by atoms with E-state index >= 15 is 0 Å². The van der Waals surface area contributed by atoms with Crippen LogP contribution in [0.15, 0.2) is 24.3 Å². The first-order chi connectivity index (χ1) is 8.11. The second-order valence-electron chi connectivity index (χ2n) is 4.30. The van der Waals surface area contributed by atoms with Crippen molar-refractivity contribution in [1.82, 2.24) is 5.32 Å². The molecule has 0 radical (unpaired) electrons. The summed E-state index contributed by atoms with van der Waals surface area (Å²) in [6.45, 7) is 4.65. The lowest BCUT2D eigenvalue weighted by Gasteiger charge is -2.14. The quantitative estimate of drug-likeness (QED) is 0.732. The molecule has 1 atom stereocenters. The van der Waals surface area contributed by atoms with E-state index in [2.05, 4.69) is 10.6 Å². The van der Waals surface area contributed by atoms with Gasteiger partial charge in [-0.25, -0.2) is 4.79 Å². The summed E-state index contributed by atoms with van der Waals surface area (Å²) in [6, 6.07) is 7.68. The van der Waals surface area contributed by atoms with Crippen molar-refractivity contribution in [3.8, 4) is 0 Å². The summed E-state index contributed by atoms with van der Waals surface area (Å²) in [5.74, 6) is 0. The number of anilines is 1. The van der Waals surface area contributed by atoms with Gasteiger partial charge in [0.25, 0.3) is 0 Å². The van der Waals surface area contributed by atoms with Gasteiger partial charge in [-0.2, -0.15) is 0 Å².